The summed E-state index contributed by atoms with van der Waals surface area (Å²) in [6.45, 7) is 1.83. The van der Waals surface area contributed by atoms with E-state index in [9.17, 15) is 22.9 Å². The zero-order valence-corrected chi connectivity index (χ0v) is 13.6. The highest BCUT2D eigenvalue weighted by Gasteiger charge is 2.72. The first-order chi connectivity index (χ1) is 11.4. The van der Waals surface area contributed by atoms with E-state index in [1.807, 2.05) is 13.0 Å². The molecule has 0 heterocycles. The Kier molecular flexibility index (Phi) is 3.77. The van der Waals surface area contributed by atoms with Crippen molar-refractivity contribution in [2.75, 3.05) is 0 Å². The van der Waals surface area contributed by atoms with E-state index in [4.69, 9.17) is 0 Å². The lowest BCUT2D eigenvalue weighted by Gasteiger charge is -2.05. The van der Waals surface area contributed by atoms with Crippen LogP contribution in [-0.2, 0) is 14.6 Å². The van der Waals surface area contributed by atoms with Gasteiger partial charge in [0.15, 0.2) is 9.84 Å². The Morgan fingerprint density at radius 3 is 2.42 bits per heavy atom. The summed E-state index contributed by atoms with van der Waals surface area (Å²) < 4.78 is 39.3. The molecular formula is C18H14FNO3S. The molecule has 1 aliphatic carbocycles. The second kappa shape index (κ2) is 5.53. The van der Waals surface area contributed by atoms with Crippen LogP contribution in [0.2, 0.25) is 0 Å². The van der Waals surface area contributed by atoms with Crippen molar-refractivity contribution in [1.29, 1.82) is 5.26 Å². The van der Waals surface area contributed by atoms with Gasteiger partial charge in [-0.1, -0.05) is 29.8 Å². The van der Waals surface area contributed by atoms with E-state index in [0.29, 0.717) is 11.8 Å². The minimum absolute atomic E-state index is 0.0541. The van der Waals surface area contributed by atoms with Crippen LogP contribution in [0.25, 0.3) is 0 Å². The number of carbonyl (C=O) groups is 1. The second-order valence-corrected chi connectivity index (χ2v) is 8.04. The van der Waals surface area contributed by atoms with E-state index in [0.717, 1.165) is 5.56 Å². The van der Waals surface area contributed by atoms with Crippen molar-refractivity contribution in [3.05, 3.63) is 65.5 Å². The van der Waals surface area contributed by atoms with Crippen LogP contribution in [-0.4, -0.2) is 20.0 Å². The van der Waals surface area contributed by atoms with Crippen molar-refractivity contribution < 1.29 is 17.6 Å². The number of halogens is 1. The molecule has 1 saturated carbocycles. The van der Waals surface area contributed by atoms with Crippen molar-refractivity contribution in [2.24, 2.45) is 5.41 Å². The average molecular weight is 343 g/mol. The number of sulfone groups is 1. The van der Waals surface area contributed by atoms with Gasteiger partial charge >= 0.3 is 0 Å². The van der Waals surface area contributed by atoms with E-state index >= 15 is 0 Å². The number of nitrogens with zero attached hydrogens (tertiary/aromatic N) is 1. The maximum absolute atomic E-state index is 13.5. The van der Waals surface area contributed by atoms with E-state index in [-0.39, 0.29) is 4.90 Å². The van der Waals surface area contributed by atoms with Gasteiger partial charge in [-0.05, 0) is 36.8 Å². The smallest absolute Gasteiger partial charge is 0.183 e. The minimum atomic E-state index is -3.90. The number of nitriles is 1. The van der Waals surface area contributed by atoms with Gasteiger partial charge < -0.3 is 4.79 Å². The Morgan fingerprint density at radius 2 is 1.88 bits per heavy atom. The molecule has 3 rings (SSSR count). The van der Waals surface area contributed by atoms with E-state index < -0.39 is 32.2 Å². The number of carbonyl (C=O) groups excluding carboxylic acids is 1. The first-order valence-electron chi connectivity index (χ1n) is 7.30. The molecule has 0 saturated heterocycles. The largest absolute Gasteiger partial charge is 0.302 e. The van der Waals surface area contributed by atoms with Crippen molar-refractivity contribution in [3.8, 4) is 6.07 Å². The third-order valence-electron chi connectivity index (χ3n) is 4.46. The van der Waals surface area contributed by atoms with E-state index in [1.165, 1.54) is 36.4 Å². The number of aryl methyl sites for hydroxylation is 1. The molecule has 0 aromatic heterocycles. The highest BCUT2D eigenvalue weighted by molar-refractivity contribution is 7.92. The molecule has 0 spiro atoms. The zero-order chi connectivity index (χ0) is 17.5. The zero-order valence-electron chi connectivity index (χ0n) is 12.8. The normalized spacial score (nSPS) is 25.7. The van der Waals surface area contributed by atoms with Crippen molar-refractivity contribution in [2.45, 2.75) is 23.0 Å². The summed E-state index contributed by atoms with van der Waals surface area (Å²) >= 11 is 0. The molecule has 0 radical (unpaired) electrons. The fourth-order valence-electron chi connectivity index (χ4n) is 3.14. The Balaban J connectivity index is 2.10. The van der Waals surface area contributed by atoms with E-state index in [1.54, 1.807) is 12.1 Å². The van der Waals surface area contributed by atoms with Crippen molar-refractivity contribution in [1.82, 2.24) is 0 Å². The van der Waals surface area contributed by atoms with Gasteiger partial charge in [-0.15, -0.1) is 0 Å². The van der Waals surface area contributed by atoms with Gasteiger partial charge in [0.1, 0.15) is 22.8 Å². The van der Waals surface area contributed by atoms with E-state index in [2.05, 4.69) is 0 Å². The molecule has 2 aromatic carbocycles. The lowest BCUT2D eigenvalue weighted by atomic mass is 10.0. The molecular weight excluding hydrogens is 329 g/mol. The lowest BCUT2D eigenvalue weighted by Crippen LogP contribution is -2.16. The summed E-state index contributed by atoms with van der Waals surface area (Å²) in [5.41, 5.74) is -0.449. The van der Waals surface area contributed by atoms with Gasteiger partial charge in [0.2, 0.25) is 0 Å². The summed E-state index contributed by atoms with van der Waals surface area (Å²) in [4.78, 5) is 11.6. The Hall–Kier alpha value is -2.52. The second-order valence-electron chi connectivity index (χ2n) is 5.97. The topological polar surface area (TPSA) is 75.0 Å². The molecule has 0 amide bonds. The molecule has 0 aliphatic heterocycles. The molecule has 1 aliphatic rings. The first kappa shape index (κ1) is 16.3. The quantitative estimate of drug-likeness (QED) is 0.800. The summed E-state index contributed by atoms with van der Waals surface area (Å²) in [5.74, 6) is -1.41. The maximum Gasteiger partial charge on any atom is 0.183 e. The molecule has 0 bridgehead atoms. The molecule has 1 fully saturated rings. The predicted octanol–water partition coefficient (Wildman–Crippen LogP) is 2.78. The SMILES string of the molecule is Cc1ccc(S(=O)(=O)[C@@H]2[C@H](c3cccc(F)c3)[C@@]2(C#N)C=O)cc1. The van der Waals surface area contributed by atoms with Gasteiger partial charge in [0.25, 0.3) is 0 Å². The molecule has 2 aromatic rings. The number of hydrogen-bond acceptors (Lipinski definition) is 4. The van der Waals surface area contributed by atoms with Crippen LogP contribution in [0.15, 0.2) is 53.4 Å². The fourth-order valence-corrected chi connectivity index (χ4v) is 5.37. The van der Waals surface area contributed by atoms with Gasteiger partial charge in [0.05, 0.1) is 11.0 Å². The first-order valence-corrected chi connectivity index (χ1v) is 8.85. The summed E-state index contributed by atoms with van der Waals surface area (Å²) in [6, 6.07) is 13.4. The standard InChI is InChI=1S/C18H14FNO3S/c1-12-5-7-15(8-6-12)24(22,23)17-16(18(17,10-20)11-21)13-3-2-4-14(19)9-13/h2-9,11,16-17H,1H3/t16-,17+,18+/m0/s1. The summed E-state index contributed by atoms with van der Waals surface area (Å²) in [7, 11) is -3.90. The average Bonchev–Trinajstić information content (AvgIpc) is 3.26. The summed E-state index contributed by atoms with van der Waals surface area (Å²) in [5, 5.41) is 8.23. The Morgan fingerprint density at radius 1 is 1.21 bits per heavy atom. The number of benzene rings is 2. The highest BCUT2D eigenvalue weighted by Crippen LogP contribution is 2.62. The van der Waals surface area contributed by atoms with Crippen LogP contribution in [0.5, 0.6) is 0 Å². The van der Waals surface area contributed by atoms with Crippen LogP contribution in [0.4, 0.5) is 4.39 Å². The molecule has 4 nitrogen and oxygen atoms in total. The predicted molar refractivity (Wildman–Crippen MR) is 85.4 cm³/mol. The monoisotopic (exact) mass is 343 g/mol. The van der Waals surface area contributed by atoms with Gasteiger partial charge in [-0.2, -0.15) is 5.26 Å². The molecule has 3 atom stereocenters. The molecule has 0 unspecified atom stereocenters. The lowest BCUT2D eigenvalue weighted by molar-refractivity contribution is -0.110. The Labute approximate surface area is 139 Å². The van der Waals surface area contributed by atoms with Gasteiger partial charge in [0, 0.05) is 5.92 Å². The van der Waals surface area contributed by atoms with Crippen molar-refractivity contribution >= 4 is 16.1 Å². The maximum atomic E-state index is 13.5. The van der Waals surface area contributed by atoms with Crippen LogP contribution in [0.3, 0.4) is 0 Å². The minimum Gasteiger partial charge on any atom is -0.302 e. The summed E-state index contributed by atoms with van der Waals surface area (Å²) in [6.07, 6.45) is 0.374. The Bertz CT molecular complexity index is 947. The third kappa shape index (κ3) is 2.33. The van der Waals surface area contributed by atoms with Crippen LogP contribution < -0.4 is 0 Å². The van der Waals surface area contributed by atoms with Crippen LogP contribution in [0, 0.1) is 29.5 Å². The van der Waals surface area contributed by atoms with Crippen LogP contribution in [0.1, 0.15) is 17.0 Å². The number of rotatable bonds is 4. The fraction of sp³-hybridized carbons (Fsp3) is 0.222. The van der Waals surface area contributed by atoms with Gasteiger partial charge in [-0.25, -0.2) is 12.8 Å². The third-order valence-corrected chi connectivity index (χ3v) is 6.72. The number of aldehydes is 1. The van der Waals surface area contributed by atoms with Crippen molar-refractivity contribution in [3.63, 3.8) is 0 Å². The molecule has 0 N–H and O–H groups in total. The number of hydrogen-bond donors (Lipinski definition) is 0. The molecule has 6 heteroatoms. The van der Waals surface area contributed by atoms with Gasteiger partial charge in [-0.3, -0.25) is 0 Å². The molecule has 24 heavy (non-hydrogen) atoms. The van der Waals surface area contributed by atoms with Crippen LogP contribution >= 0.6 is 0 Å². The highest BCUT2D eigenvalue weighted by atomic mass is 32.2. The molecule has 122 valence electrons.